The van der Waals surface area contributed by atoms with Crippen molar-refractivity contribution in [1.82, 2.24) is 4.90 Å². The number of thioether (sulfide) groups is 1. The minimum Gasteiger partial charge on any atom is -0.334 e. The summed E-state index contributed by atoms with van der Waals surface area (Å²) in [6.45, 7) is 3.97. The highest BCUT2D eigenvalue weighted by molar-refractivity contribution is 8.13. The van der Waals surface area contributed by atoms with Gasteiger partial charge in [-0.15, -0.1) is 0 Å². The molecule has 0 aliphatic carbocycles. The molecule has 1 aliphatic heterocycles. The number of likely N-dealkylation sites (tertiary alicyclic amines) is 1. The van der Waals surface area contributed by atoms with Crippen LogP contribution in [0.3, 0.4) is 0 Å². The monoisotopic (exact) mass is 249 g/mol. The lowest BCUT2D eigenvalue weighted by atomic mass is 10.1. The first-order valence-corrected chi connectivity index (χ1v) is 7.16. The van der Waals surface area contributed by atoms with Crippen molar-refractivity contribution in [3.05, 3.63) is 35.9 Å². The maximum Gasteiger partial charge on any atom is 0.282 e. The van der Waals surface area contributed by atoms with Gasteiger partial charge >= 0.3 is 0 Å². The van der Waals surface area contributed by atoms with Crippen LogP contribution in [0, 0.1) is 0 Å². The second kappa shape index (κ2) is 6.10. The lowest BCUT2D eigenvalue weighted by Gasteiger charge is -2.27. The molecular formula is C14H19NOS. The van der Waals surface area contributed by atoms with Gasteiger partial charge in [-0.3, -0.25) is 4.79 Å². The minimum atomic E-state index is 0.237. The summed E-state index contributed by atoms with van der Waals surface area (Å²) >= 11 is 1.45. The van der Waals surface area contributed by atoms with E-state index >= 15 is 0 Å². The number of hydrogen-bond acceptors (Lipinski definition) is 2. The Hall–Kier alpha value is -0.960. The molecule has 2 rings (SSSR count). The molecule has 0 spiro atoms. The molecule has 1 amide bonds. The van der Waals surface area contributed by atoms with E-state index in [1.807, 2.05) is 23.1 Å². The summed E-state index contributed by atoms with van der Waals surface area (Å²) in [7, 11) is 0. The summed E-state index contributed by atoms with van der Waals surface area (Å²) in [5.74, 6) is 0. The quantitative estimate of drug-likeness (QED) is 0.787. The molecule has 0 unspecified atom stereocenters. The third-order valence-corrected chi connectivity index (χ3v) is 4.25. The molecule has 0 bridgehead atoms. The molecule has 1 atom stereocenters. The first-order chi connectivity index (χ1) is 8.27. The van der Waals surface area contributed by atoms with E-state index in [1.54, 1.807) is 0 Å². The van der Waals surface area contributed by atoms with Crippen molar-refractivity contribution in [1.29, 1.82) is 0 Å². The number of amides is 1. The topological polar surface area (TPSA) is 20.3 Å². The zero-order valence-electron chi connectivity index (χ0n) is 10.3. The molecule has 17 heavy (non-hydrogen) atoms. The van der Waals surface area contributed by atoms with Crippen LogP contribution in [0.2, 0.25) is 0 Å². The SMILES string of the molecule is C[C@H](SC(=O)N1CCCCC1)c1ccccc1. The largest absolute Gasteiger partial charge is 0.334 e. The Bertz CT molecular complexity index is 360. The van der Waals surface area contributed by atoms with Crippen molar-refractivity contribution in [2.24, 2.45) is 0 Å². The third-order valence-electron chi connectivity index (χ3n) is 3.16. The fourth-order valence-corrected chi connectivity index (χ4v) is 3.02. The smallest absolute Gasteiger partial charge is 0.282 e. The minimum absolute atomic E-state index is 0.237. The summed E-state index contributed by atoms with van der Waals surface area (Å²) < 4.78 is 0. The lowest BCUT2D eigenvalue weighted by molar-refractivity contribution is 0.211. The molecule has 0 N–H and O–H groups in total. The van der Waals surface area contributed by atoms with E-state index in [0.29, 0.717) is 0 Å². The molecule has 3 heteroatoms. The Balaban J connectivity index is 1.89. The van der Waals surface area contributed by atoms with Crippen LogP contribution in [0.25, 0.3) is 0 Å². The van der Waals surface area contributed by atoms with Crippen molar-refractivity contribution < 1.29 is 4.79 Å². The fraction of sp³-hybridized carbons (Fsp3) is 0.500. The van der Waals surface area contributed by atoms with Crippen molar-refractivity contribution in [2.45, 2.75) is 31.4 Å². The molecule has 1 aromatic carbocycles. The molecule has 0 radical (unpaired) electrons. The number of nitrogens with zero attached hydrogens (tertiary/aromatic N) is 1. The average molecular weight is 249 g/mol. The summed E-state index contributed by atoms with van der Waals surface area (Å²) in [6.07, 6.45) is 3.58. The van der Waals surface area contributed by atoms with Gasteiger partial charge in [0, 0.05) is 18.3 Å². The van der Waals surface area contributed by atoms with Crippen LogP contribution in [-0.2, 0) is 0 Å². The summed E-state index contributed by atoms with van der Waals surface area (Å²) in [6, 6.07) is 10.2. The van der Waals surface area contributed by atoms with Crippen LogP contribution in [0.5, 0.6) is 0 Å². The Kier molecular flexibility index (Phi) is 4.49. The van der Waals surface area contributed by atoms with Gasteiger partial charge in [0.15, 0.2) is 0 Å². The van der Waals surface area contributed by atoms with Crippen LogP contribution >= 0.6 is 11.8 Å². The van der Waals surface area contributed by atoms with Gasteiger partial charge in [0.1, 0.15) is 0 Å². The number of benzene rings is 1. The molecule has 0 aromatic heterocycles. The standard InChI is InChI=1S/C14H19NOS/c1-12(13-8-4-2-5-9-13)17-14(16)15-10-6-3-7-11-15/h2,4-5,8-9,12H,3,6-7,10-11H2,1H3/t12-/m0/s1. The molecule has 1 heterocycles. The van der Waals surface area contributed by atoms with E-state index in [9.17, 15) is 4.79 Å². The summed E-state index contributed by atoms with van der Waals surface area (Å²) in [5, 5.41) is 0.478. The van der Waals surface area contributed by atoms with Gasteiger partial charge in [-0.1, -0.05) is 42.1 Å². The normalized spacial score (nSPS) is 17.8. The van der Waals surface area contributed by atoms with Crippen LogP contribution in [0.1, 0.15) is 37.0 Å². The highest BCUT2D eigenvalue weighted by Crippen LogP contribution is 2.30. The van der Waals surface area contributed by atoms with Gasteiger partial charge in [-0.2, -0.15) is 0 Å². The zero-order chi connectivity index (χ0) is 12.1. The number of piperidine rings is 1. The van der Waals surface area contributed by atoms with Crippen LogP contribution in [-0.4, -0.2) is 23.2 Å². The van der Waals surface area contributed by atoms with E-state index in [2.05, 4.69) is 19.1 Å². The first-order valence-electron chi connectivity index (χ1n) is 6.28. The first kappa shape index (κ1) is 12.5. The number of rotatable bonds is 2. The van der Waals surface area contributed by atoms with Crippen LogP contribution < -0.4 is 0 Å². The zero-order valence-corrected chi connectivity index (χ0v) is 11.1. The van der Waals surface area contributed by atoms with Gasteiger partial charge in [0.05, 0.1) is 0 Å². The molecule has 1 saturated heterocycles. The summed E-state index contributed by atoms with van der Waals surface area (Å²) in [4.78, 5) is 14.1. The van der Waals surface area contributed by atoms with Crippen LogP contribution in [0.15, 0.2) is 30.3 Å². The average Bonchev–Trinajstić information content (AvgIpc) is 2.40. The molecular weight excluding hydrogens is 230 g/mol. The van der Waals surface area contributed by atoms with Gasteiger partial charge in [0.25, 0.3) is 5.24 Å². The Morgan fingerprint density at radius 2 is 1.82 bits per heavy atom. The predicted molar refractivity (Wildman–Crippen MR) is 73.3 cm³/mol. The van der Waals surface area contributed by atoms with E-state index < -0.39 is 0 Å². The van der Waals surface area contributed by atoms with E-state index in [0.717, 1.165) is 25.9 Å². The van der Waals surface area contributed by atoms with Gasteiger partial charge in [0.2, 0.25) is 0 Å². The fourth-order valence-electron chi connectivity index (χ4n) is 2.09. The highest BCUT2D eigenvalue weighted by Gasteiger charge is 2.19. The van der Waals surface area contributed by atoms with Crippen molar-refractivity contribution >= 4 is 17.0 Å². The highest BCUT2D eigenvalue weighted by atomic mass is 32.2. The summed E-state index contributed by atoms with van der Waals surface area (Å²) in [5.41, 5.74) is 1.22. The van der Waals surface area contributed by atoms with Crippen LogP contribution in [0.4, 0.5) is 4.79 Å². The second-order valence-corrected chi connectivity index (χ2v) is 5.78. The molecule has 0 saturated carbocycles. The van der Waals surface area contributed by atoms with Crippen molar-refractivity contribution in [2.75, 3.05) is 13.1 Å². The molecule has 1 aromatic rings. The predicted octanol–water partition coefficient (Wildman–Crippen LogP) is 4.09. The number of carbonyl (C=O) groups excluding carboxylic acids is 1. The number of carbonyl (C=O) groups is 1. The van der Waals surface area contributed by atoms with Gasteiger partial charge in [-0.25, -0.2) is 0 Å². The van der Waals surface area contributed by atoms with E-state index in [-0.39, 0.29) is 10.5 Å². The number of hydrogen-bond donors (Lipinski definition) is 0. The van der Waals surface area contributed by atoms with E-state index in [4.69, 9.17) is 0 Å². The molecule has 1 fully saturated rings. The van der Waals surface area contributed by atoms with Gasteiger partial charge < -0.3 is 4.90 Å². The Morgan fingerprint density at radius 3 is 2.47 bits per heavy atom. The molecule has 2 nitrogen and oxygen atoms in total. The van der Waals surface area contributed by atoms with Gasteiger partial charge in [-0.05, 0) is 31.7 Å². The van der Waals surface area contributed by atoms with Crippen molar-refractivity contribution in [3.63, 3.8) is 0 Å². The maximum absolute atomic E-state index is 12.1. The van der Waals surface area contributed by atoms with Crippen molar-refractivity contribution in [3.8, 4) is 0 Å². The third kappa shape index (κ3) is 3.50. The molecule has 92 valence electrons. The Morgan fingerprint density at radius 1 is 1.18 bits per heavy atom. The maximum atomic E-state index is 12.1. The Labute approximate surface area is 107 Å². The molecule has 1 aliphatic rings. The lowest BCUT2D eigenvalue weighted by Crippen LogP contribution is -2.33. The van der Waals surface area contributed by atoms with E-state index in [1.165, 1.54) is 23.7 Å². The second-order valence-electron chi connectivity index (χ2n) is 4.48.